The molecule has 2 N–H and O–H groups in total. The van der Waals surface area contributed by atoms with E-state index in [9.17, 15) is 9.90 Å². The number of aliphatic hydroxyl groups is 1. The van der Waals surface area contributed by atoms with Crippen LogP contribution in [0.3, 0.4) is 0 Å². The summed E-state index contributed by atoms with van der Waals surface area (Å²) in [5.74, 6) is 0.163. The summed E-state index contributed by atoms with van der Waals surface area (Å²) in [6, 6.07) is 10.1. The summed E-state index contributed by atoms with van der Waals surface area (Å²) < 4.78 is 6.05. The van der Waals surface area contributed by atoms with Crippen LogP contribution < -0.4 is 5.32 Å². The summed E-state index contributed by atoms with van der Waals surface area (Å²) in [5.41, 5.74) is 0.370. The molecule has 3 rings (SSSR count). The highest BCUT2D eigenvalue weighted by molar-refractivity contribution is 5.73. The zero-order valence-corrected chi connectivity index (χ0v) is 14.6. The first kappa shape index (κ1) is 17.4. The molecule has 2 fully saturated rings. The van der Waals surface area contributed by atoms with Crippen molar-refractivity contribution < 1.29 is 14.6 Å². The third kappa shape index (κ3) is 4.15. The van der Waals surface area contributed by atoms with Gasteiger partial charge in [0.25, 0.3) is 0 Å². The van der Waals surface area contributed by atoms with E-state index in [1.54, 1.807) is 0 Å². The van der Waals surface area contributed by atoms with Crippen molar-refractivity contribution in [3.05, 3.63) is 35.9 Å². The maximum absolute atomic E-state index is 11.4. The minimum atomic E-state index is -0.944. The molecule has 0 aliphatic carbocycles. The maximum atomic E-state index is 11.4. The number of hydrogen-bond acceptors (Lipinski definition) is 4. The van der Waals surface area contributed by atoms with Crippen molar-refractivity contribution in [3.8, 4) is 0 Å². The van der Waals surface area contributed by atoms with E-state index in [2.05, 4.69) is 34.5 Å². The molecule has 0 aromatic heterocycles. The summed E-state index contributed by atoms with van der Waals surface area (Å²) in [5, 5.41) is 13.7. The Labute approximate surface area is 144 Å². The fourth-order valence-corrected chi connectivity index (χ4v) is 4.00. The molecule has 24 heavy (non-hydrogen) atoms. The summed E-state index contributed by atoms with van der Waals surface area (Å²) in [6.07, 6.45) is 1.79. The lowest BCUT2D eigenvalue weighted by Crippen LogP contribution is -2.53. The van der Waals surface area contributed by atoms with Gasteiger partial charge in [-0.2, -0.15) is 0 Å². The predicted octanol–water partition coefficient (Wildman–Crippen LogP) is 1.55. The quantitative estimate of drug-likeness (QED) is 0.882. The zero-order valence-electron chi connectivity index (χ0n) is 14.6. The molecular formula is C19H28N2O3. The average molecular weight is 332 g/mol. The van der Waals surface area contributed by atoms with Crippen LogP contribution in [0.1, 0.15) is 32.3 Å². The van der Waals surface area contributed by atoms with Crippen LogP contribution in [0, 0.1) is 5.92 Å². The topological polar surface area (TPSA) is 61.8 Å². The highest BCUT2D eigenvalue weighted by Crippen LogP contribution is 2.33. The Kier molecular flexibility index (Phi) is 5.23. The van der Waals surface area contributed by atoms with E-state index in [-0.39, 0.29) is 24.0 Å². The largest absolute Gasteiger partial charge is 0.388 e. The molecular weight excluding hydrogens is 304 g/mol. The van der Waals surface area contributed by atoms with Crippen LogP contribution in [0.15, 0.2) is 30.3 Å². The van der Waals surface area contributed by atoms with E-state index in [0.717, 1.165) is 26.1 Å². The van der Waals surface area contributed by atoms with Gasteiger partial charge in [0.05, 0.1) is 24.4 Å². The Hall–Kier alpha value is -1.43. The number of fused-ring (bicyclic) bond motifs is 1. The molecule has 2 aliphatic heterocycles. The molecule has 0 spiro atoms. The number of carbonyl (C=O) groups excluding carboxylic acids is 1. The zero-order chi connectivity index (χ0) is 17.2. The van der Waals surface area contributed by atoms with Crippen molar-refractivity contribution in [1.82, 2.24) is 10.2 Å². The fourth-order valence-electron chi connectivity index (χ4n) is 4.00. The molecule has 2 saturated heterocycles. The van der Waals surface area contributed by atoms with E-state index < -0.39 is 5.60 Å². The molecule has 0 unspecified atom stereocenters. The lowest BCUT2D eigenvalue weighted by atomic mass is 9.82. The van der Waals surface area contributed by atoms with Gasteiger partial charge in [-0.15, -0.1) is 0 Å². The van der Waals surface area contributed by atoms with Gasteiger partial charge in [-0.1, -0.05) is 30.3 Å². The Morgan fingerprint density at radius 1 is 1.42 bits per heavy atom. The van der Waals surface area contributed by atoms with Crippen molar-refractivity contribution in [3.63, 3.8) is 0 Å². The van der Waals surface area contributed by atoms with Gasteiger partial charge in [0.15, 0.2) is 0 Å². The van der Waals surface area contributed by atoms with Gasteiger partial charge in [0.2, 0.25) is 5.91 Å². The fraction of sp³-hybridized carbons (Fsp3) is 0.632. The molecule has 2 heterocycles. The standard InChI is InChI=1S/C19H28N2O3/c1-14(22)20-18-13-24-17-8-9-21(11-15-6-4-3-5-7-15)12-16(17)10-19(18,2)23/h3-7,16-18,23H,8-13H2,1-2H3,(H,20,22)/t16-,17+,18+,19+/m0/s1. The molecule has 1 amide bonds. The number of ether oxygens (including phenoxy) is 1. The Morgan fingerprint density at radius 2 is 2.17 bits per heavy atom. The number of nitrogens with zero attached hydrogens (tertiary/aromatic N) is 1. The number of rotatable bonds is 3. The number of likely N-dealkylation sites (tertiary alicyclic amines) is 1. The molecule has 132 valence electrons. The van der Waals surface area contributed by atoms with Crippen molar-refractivity contribution >= 4 is 5.91 Å². The van der Waals surface area contributed by atoms with E-state index >= 15 is 0 Å². The molecule has 0 radical (unpaired) electrons. The Bertz CT molecular complexity index is 561. The lowest BCUT2D eigenvalue weighted by molar-refractivity contribution is -0.122. The van der Waals surface area contributed by atoms with Crippen LogP contribution in [0.5, 0.6) is 0 Å². The number of nitrogens with one attached hydrogen (secondary N) is 1. The van der Waals surface area contributed by atoms with Crippen molar-refractivity contribution in [2.24, 2.45) is 5.92 Å². The van der Waals surface area contributed by atoms with Crippen LogP contribution >= 0.6 is 0 Å². The number of amides is 1. The normalized spacial score (nSPS) is 34.2. The second-order valence-electron chi connectivity index (χ2n) is 7.46. The predicted molar refractivity (Wildman–Crippen MR) is 92.4 cm³/mol. The molecule has 5 heteroatoms. The van der Waals surface area contributed by atoms with Crippen molar-refractivity contribution in [1.29, 1.82) is 0 Å². The second kappa shape index (κ2) is 7.21. The average Bonchev–Trinajstić information content (AvgIpc) is 2.64. The van der Waals surface area contributed by atoms with Crippen LogP contribution in [0.25, 0.3) is 0 Å². The number of carbonyl (C=O) groups is 1. The summed E-state index contributed by atoms with van der Waals surface area (Å²) in [4.78, 5) is 13.8. The third-order valence-corrected chi connectivity index (χ3v) is 5.28. The molecule has 5 nitrogen and oxygen atoms in total. The minimum Gasteiger partial charge on any atom is -0.388 e. The molecule has 1 aromatic rings. The Balaban J connectivity index is 1.65. The monoisotopic (exact) mass is 332 g/mol. The summed E-state index contributed by atoms with van der Waals surface area (Å²) in [7, 11) is 0. The minimum absolute atomic E-state index is 0.126. The molecule has 0 bridgehead atoms. The van der Waals surface area contributed by atoms with E-state index in [1.165, 1.54) is 12.5 Å². The maximum Gasteiger partial charge on any atom is 0.217 e. The van der Waals surface area contributed by atoms with Gasteiger partial charge >= 0.3 is 0 Å². The van der Waals surface area contributed by atoms with Crippen molar-refractivity contribution in [2.75, 3.05) is 19.7 Å². The van der Waals surface area contributed by atoms with Crippen LogP contribution in [-0.4, -0.2) is 53.4 Å². The summed E-state index contributed by atoms with van der Waals surface area (Å²) >= 11 is 0. The second-order valence-corrected chi connectivity index (χ2v) is 7.46. The first-order valence-corrected chi connectivity index (χ1v) is 8.81. The molecule has 0 saturated carbocycles. The first-order chi connectivity index (χ1) is 11.4. The Morgan fingerprint density at radius 3 is 2.88 bits per heavy atom. The van der Waals surface area contributed by atoms with Gasteiger partial charge in [-0.05, 0) is 25.3 Å². The number of benzene rings is 1. The number of piperidine rings is 1. The van der Waals surface area contributed by atoms with Gasteiger partial charge in [0.1, 0.15) is 0 Å². The van der Waals surface area contributed by atoms with Crippen LogP contribution in [0.2, 0.25) is 0 Å². The molecule has 2 aliphatic rings. The van der Waals surface area contributed by atoms with E-state index in [4.69, 9.17) is 4.74 Å². The highest BCUT2D eigenvalue weighted by Gasteiger charge is 2.43. The van der Waals surface area contributed by atoms with Gasteiger partial charge in [-0.25, -0.2) is 0 Å². The SMILES string of the molecule is CC(=O)N[C@@H]1CO[C@@H]2CCN(Cc3ccccc3)C[C@@H]2C[C@@]1(C)O. The summed E-state index contributed by atoms with van der Waals surface area (Å²) in [6.45, 7) is 6.53. The smallest absolute Gasteiger partial charge is 0.217 e. The third-order valence-electron chi connectivity index (χ3n) is 5.28. The van der Waals surface area contributed by atoms with Crippen molar-refractivity contribution in [2.45, 2.75) is 51.0 Å². The van der Waals surface area contributed by atoms with Gasteiger partial charge < -0.3 is 15.2 Å². The molecule has 1 aromatic carbocycles. The number of hydrogen-bond donors (Lipinski definition) is 2. The lowest BCUT2D eigenvalue weighted by Gasteiger charge is -2.39. The van der Waals surface area contributed by atoms with Crippen LogP contribution in [0.4, 0.5) is 0 Å². The van der Waals surface area contributed by atoms with E-state index in [1.807, 2.05) is 13.0 Å². The van der Waals surface area contributed by atoms with Crippen LogP contribution in [-0.2, 0) is 16.1 Å². The van der Waals surface area contributed by atoms with Gasteiger partial charge in [0, 0.05) is 32.5 Å². The van der Waals surface area contributed by atoms with E-state index in [0.29, 0.717) is 13.0 Å². The molecule has 4 atom stereocenters. The highest BCUT2D eigenvalue weighted by atomic mass is 16.5. The van der Waals surface area contributed by atoms with Gasteiger partial charge in [-0.3, -0.25) is 9.69 Å². The first-order valence-electron chi connectivity index (χ1n) is 8.81.